The van der Waals surface area contributed by atoms with Crippen LogP contribution in [0.3, 0.4) is 0 Å². The van der Waals surface area contributed by atoms with Gasteiger partial charge in [0.25, 0.3) is 5.91 Å². The summed E-state index contributed by atoms with van der Waals surface area (Å²) in [5.74, 6) is -0.164. The lowest BCUT2D eigenvalue weighted by Gasteiger charge is -2.15. The van der Waals surface area contributed by atoms with Gasteiger partial charge in [0.2, 0.25) is 0 Å². The summed E-state index contributed by atoms with van der Waals surface area (Å²) in [5, 5.41) is 2.67. The van der Waals surface area contributed by atoms with Gasteiger partial charge in [-0.3, -0.25) is 9.59 Å². The van der Waals surface area contributed by atoms with Gasteiger partial charge in [-0.2, -0.15) is 0 Å². The van der Waals surface area contributed by atoms with Crippen molar-refractivity contribution in [1.29, 1.82) is 0 Å². The lowest BCUT2D eigenvalue weighted by molar-refractivity contribution is -0.149. The van der Waals surface area contributed by atoms with Crippen LogP contribution in [-0.4, -0.2) is 32.7 Å². The summed E-state index contributed by atoms with van der Waals surface area (Å²) in [7, 11) is 3.05. The van der Waals surface area contributed by atoms with E-state index >= 15 is 0 Å². The predicted molar refractivity (Wildman–Crippen MR) is 98.6 cm³/mol. The number of benzene rings is 2. The Hall–Kier alpha value is -3.02. The minimum absolute atomic E-state index is 0.351. The molecule has 0 aromatic heterocycles. The maximum Gasteiger partial charge on any atom is 0.313 e. The van der Waals surface area contributed by atoms with Crippen molar-refractivity contribution >= 4 is 17.6 Å². The third-order valence-electron chi connectivity index (χ3n) is 3.91. The van der Waals surface area contributed by atoms with Crippen molar-refractivity contribution in [3.8, 4) is 11.5 Å². The van der Waals surface area contributed by atoms with E-state index in [-0.39, 0.29) is 12.5 Å². The number of hydrogen-bond acceptors (Lipinski definition) is 5. The summed E-state index contributed by atoms with van der Waals surface area (Å²) in [6.07, 6.45) is 0.597. The van der Waals surface area contributed by atoms with Crippen molar-refractivity contribution in [3.63, 3.8) is 0 Å². The molecule has 0 radical (unpaired) electrons. The van der Waals surface area contributed by atoms with Crippen molar-refractivity contribution in [2.24, 2.45) is 0 Å². The normalized spacial score (nSPS) is 11.3. The molecule has 0 aliphatic rings. The maximum absolute atomic E-state index is 12.3. The molecule has 0 saturated heterocycles. The highest BCUT2D eigenvalue weighted by atomic mass is 16.5. The fraction of sp³-hybridized carbons (Fsp3) is 0.300. The zero-order chi connectivity index (χ0) is 18.9. The quantitative estimate of drug-likeness (QED) is 0.733. The second kappa shape index (κ2) is 9.46. The lowest BCUT2D eigenvalue weighted by Crippen LogP contribution is -2.23. The van der Waals surface area contributed by atoms with Gasteiger partial charge in [0.15, 0.2) is 18.1 Å². The second-order valence-electron chi connectivity index (χ2n) is 5.60. The van der Waals surface area contributed by atoms with E-state index in [1.165, 1.54) is 14.2 Å². The van der Waals surface area contributed by atoms with Crippen LogP contribution in [0.2, 0.25) is 0 Å². The molecule has 0 aliphatic carbocycles. The Balaban J connectivity index is 1.93. The summed E-state index contributed by atoms with van der Waals surface area (Å²) in [4.78, 5) is 24.3. The molecule has 0 spiro atoms. The first-order chi connectivity index (χ1) is 12.6. The number of carbonyl (C=O) groups is 2. The topological polar surface area (TPSA) is 73.9 Å². The Morgan fingerprint density at radius 3 is 2.31 bits per heavy atom. The van der Waals surface area contributed by atoms with Crippen LogP contribution < -0.4 is 14.8 Å². The standard InChI is InChI=1S/C20H23NO5/c1-4-16(14-8-6-5-7-9-14)20(23)26-13-19(22)21-15-10-11-17(24-2)18(12-15)25-3/h5-12,16H,4,13H2,1-3H3,(H,21,22)/t16-/m0/s1. The molecule has 6 heteroatoms. The van der Waals surface area contributed by atoms with Gasteiger partial charge >= 0.3 is 5.97 Å². The third kappa shape index (κ3) is 4.99. The van der Waals surface area contributed by atoms with Crippen LogP contribution in [0.5, 0.6) is 11.5 Å². The first-order valence-electron chi connectivity index (χ1n) is 8.32. The summed E-state index contributed by atoms with van der Waals surface area (Å²) in [6, 6.07) is 14.4. The zero-order valence-electron chi connectivity index (χ0n) is 15.2. The number of ether oxygens (including phenoxy) is 3. The van der Waals surface area contributed by atoms with Gasteiger partial charge in [0.05, 0.1) is 20.1 Å². The number of hydrogen-bond donors (Lipinski definition) is 1. The van der Waals surface area contributed by atoms with Crippen molar-refractivity contribution in [1.82, 2.24) is 0 Å². The van der Waals surface area contributed by atoms with Crippen molar-refractivity contribution < 1.29 is 23.8 Å². The predicted octanol–water partition coefficient (Wildman–Crippen LogP) is 3.38. The summed E-state index contributed by atoms with van der Waals surface area (Å²) in [6.45, 7) is 1.55. The van der Waals surface area contributed by atoms with Gasteiger partial charge in [-0.05, 0) is 24.1 Å². The fourth-order valence-electron chi connectivity index (χ4n) is 2.57. The Morgan fingerprint density at radius 2 is 1.69 bits per heavy atom. The maximum atomic E-state index is 12.3. The molecular weight excluding hydrogens is 334 g/mol. The van der Waals surface area contributed by atoms with E-state index in [1.54, 1.807) is 18.2 Å². The zero-order valence-corrected chi connectivity index (χ0v) is 15.2. The average Bonchev–Trinajstić information content (AvgIpc) is 2.67. The number of rotatable bonds is 8. The number of esters is 1. The van der Waals surface area contributed by atoms with Crippen molar-refractivity contribution in [2.75, 3.05) is 26.1 Å². The van der Waals surface area contributed by atoms with Gasteiger partial charge < -0.3 is 19.5 Å². The SMILES string of the molecule is CC[C@H](C(=O)OCC(=O)Nc1ccc(OC)c(OC)c1)c1ccccc1. The smallest absolute Gasteiger partial charge is 0.313 e. The number of methoxy groups -OCH3 is 2. The van der Waals surface area contributed by atoms with E-state index in [4.69, 9.17) is 14.2 Å². The highest BCUT2D eigenvalue weighted by molar-refractivity contribution is 5.93. The molecule has 0 heterocycles. The van der Waals surface area contributed by atoms with E-state index in [2.05, 4.69) is 5.32 Å². The van der Waals surface area contributed by atoms with Gasteiger partial charge in [-0.25, -0.2) is 0 Å². The minimum atomic E-state index is -0.423. The first-order valence-corrected chi connectivity index (χ1v) is 8.32. The number of nitrogens with one attached hydrogen (secondary N) is 1. The second-order valence-corrected chi connectivity index (χ2v) is 5.60. The molecule has 26 heavy (non-hydrogen) atoms. The molecule has 1 atom stereocenters. The lowest BCUT2D eigenvalue weighted by atomic mass is 9.97. The van der Waals surface area contributed by atoms with Crippen LogP contribution in [0, 0.1) is 0 Å². The Morgan fingerprint density at radius 1 is 1.00 bits per heavy atom. The van der Waals surface area contributed by atoms with Gasteiger partial charge in [-0.1, -0.05) is 37.3 Å². The van der Waals surface area contributed by atoms with Crippen LogP contribution >= 0.6 is 0 Å². The van der Waals surface area contributed by atoms with Crippen molar-refractivity contribution in [2.45, 2.75) is 19.3 Å². The minimum Gasteiger partial charge on any atom is -0.493 e. The molecule has 6 nitrogen and oxygen atoms in total. The van der Waals surface area contributed by atoms with Crippen LogP contribution in [0.1, 0.15) is 24.8 Å². The van der Waals surface area contributed by atoms with E-state index in [1.807, 2.05) is 37.3 Å². The summed E-state index contributed by atoms with van der Waals surface area (Å²) in [5.41, 5.74) is 1.40. The van der Waals surface area contributed by atoms with Crippen LogP contribution in [0.15, 0.2) is 48.5 Å². The molecule has 0 bridgehead atoms. The average molecular weight is 357 g/mol. The molecule has 0 fully saturated rings. The number of carbonyl (C=O) groups excluding carboxylic acids is 2. The molecule has 0 saturated carbocycles. The molecule has 1 amide bonds. The van der Waals surface area contributed by atoms with E-state index in [9.17, 15) is 9.59 Å². The Labute approximate surface area is 153 Å². The fourth-order valence-corrected chi connectivity index (χ4v) is 2.57. The van der Waals surface area contributed by atoms with Gasteiger partial charge in [0.1, 0.15) is 0 Å². The molecular formula is C20H23NO5. The number of anilines is 1. The van der Waals surface area contributed by atoms with E-state index in [0.29, 0.717) is 23.6 Å². The molecule has 2 rings (SSSR count). The highest BCUT2D eigenvalue weighted by Gasteiger charge is 2.21. The number of amides is 1. The largest absolute Gasteiger partial charge is 0.493 e. The summed E-state index contributed by atoms with van der Waals surface area (Å²) < 4.78 is 15.5. The van der Waals surface area contributed by atoms with Gasteiger partial charge in [-0.15, -0.1) is 0 Å². The van der Waals surface area contributed by atoms with Crippen molar-refractivity contribution in [3.05, 3.63) is 54.1 Å². The molecule has 2 aromatic rings. The Bertz CT molecular complexity index is 745. The van der Waals surface area contributed by atoms with Crippen LogP contribution in [-0.2, 0) is 14.3 Å². The van der Waals surface area contributed by atoms with E-state index < -0.39 is 11.9 Å². The van der Waals surface area contributed by atoms with E-state index in [0.717, 1.165) is 5.56 Å². The highest BCUT2D eigenvalue weighted by Crippen LogP contribution is 2.29. The molecule has 0 aliphatic heterocycles. The molecule has 2 aromatic carbocycles. The monoisotopic (exact) mass is 357 g/mol. The Kier molecular flexibility index (Phi) is 7.02. The van der Waals surface area contributed by atoms with Crippen LogP contribution in [0.25, 0.3) is 0 Å². The molecule has 0 unspecified atom stereocenters. The summed E-state index contributed by atoms with van der Waals surface area (Å²) >= 11 is 0. The van der Waals surface area contributed by atoms with Crippen LogP contribution in [0.4, 0.5) is 5.69 Å². The molecule has 1 N–H and O–H groups in total. The third-order valence-corrected chi connectivity index (χ3v) is 3.91. The first kappa shape index (κ1) is 19.3. The molecule has 138 valence electrons. The van der Waals surface area contributed by atoms with Gasteiger partial charge in [0, 0.05) is 11.8 Å².